The van der Waals surface area contributed by atoms with Crippen LogP contribution in [0.15, 0.2) is 16.5 Å². The van der Waals surface area contributed by atoms with Gasteiger partial charge in [0.05, 0.1) is 19.3 Å². The lowest BCUT2D eigenvalue weighted by molar-refractivity contribution is -0.199. The number of aliphatic hydroxyl groups excluding tert-OH is 1. The van der Waals surface area contributed by atoms with Crippen LogP contribution in [0.2, 0.25) is 0 Å². The zero-order valence-electron chi connectivity index (χ0n) is 12.4. The average Bonchev–Trinajstić information content (AvgIpc) is 3.00. The fourth-order valence-corrected chi connectivity index (χ4v) is 3.54. The molecule has 1 spiro atoms. The average molecular weight is 295 g/mol. The first kappa shape index (κ1) is 14.4. The molecule has 3 rings (SSSR count). The topological polar surface area (TPSA) is 72.1 Å². The second-order valence-corrected chi connectivity index (χ2v) is 5.82. The van der Waals surface area contributed by atoms with E-state index in [0.717, 1.165) is 12.8 Å². The molecule has 2 aliphatic rings. The molecule has 0 radical (unpaired) electrons. The first-order chi connectivity index (χ1) is 10.1. The fraction of sp³-hybridized carbons (Fsp3) is 0.667. The van der Waals surface area contributed by atoms with Gasteiger partial charge in [0.15, 0.2) is 5.76 Å². The number of methoxy groups -OCH3 is 2. The van der Waals surface area contributed by atoms with Crippen LogP contribution >= 0.6 is 0 Å². The van der Waals surface area contributed by atoms with Gasteiger partial charge in [-0.15, -0.1) is 0 Å². The summed E-state index contributed by atoms with van der Waals surface area (Å²) in [5, 5.41) is 10.1. The summed E-state index contributed by atoms with van der Waals surface area (Å²) < 4.78 is 15.7. The van der Waals surface area contributed by atoms with Crippen molar-refractivity contribution in [3.8, 4) is 5.95 Å². The molecule has 1 saturated carbocycles. The molecule has 116 valence electrons. The molecule has 6 heteroatoms. The van der Waals surface area contributed by atoms with Gasteiger partial charge in [0.1, 0.15) is 0 Å². The summed E-state index contributed by atoms with van der Waals surface area (Å²) in [4.78, 5) is 14.1. The first-order valence-corrected chi connectivity index (χ1v) is 7.24. The number of nitrogens with zero attached hydrogens (tertiary/aromatic N) is 1. The van der Waals surface area contributed by atoms with Gasteiger partial charge >= 0.3 is 0 Å². The quantitative estimate of drug-likeness (QED) is 0.909. The van der Waals surface area contributed by atoms with E-state index in [4.69, 9.17) is 13.9 Å². The van der Waals surface area contributed by atoms with Crippen molar-refractivity contribution in [2.24, 2.45) is 5.41 Å². The van der Waals surface area contributed by atoms with Crippen LogP contribution in [0.25, 0.3) is 0 Å². The Morgan fingerprint density at radius 2 is 2.10 bits per heavy atom. The van der Waals surface area contributed by atoms with Gasteiger partial charge in [-0.2, -0.15) is 0 Å². The Balaban J connectivity index is 1.64. The molecule has 1 N–H and O–H groups in total. The number of likely N-dealkylation sites (tertiary alicyclic amines) is 1. The van der Waals surface area contributed by atoms with Gasteiger partial charge in [-0.25, -0.2) is 0 Å². The highest BCUT2D eigenvalue weighted by Crippen LogP contribution is 2.50. The molecule has 0 unspecified atom stereocenters. The molecule has 0 aromatic carbocycles. The van der Waals surface area contributed by atoms with E-state index < -0.39 is 0 Å². The fourth-order valence-electron chi connectivity index (χ4n) is 3.54. The zero-order valence-corrected chi connectivity index (χ0v) is 12.4. The van der Waals surface area contributed by atoms with Crippen LogP contribution in [0.1, 0.15) is 29.8 Å². The van der Waals surface area contributed by atoms with E-state index in [1.165, 1.54) is 7.11 Å². The minimum absolute atomic E-state index is 0.105. The van der Waals surface area contributed by atoms with E-state index in [-0.39, 0.29) is 23.5 Å². The monoisotopic (exact) mass is 295 g/mol. The normalized spacial score (nSPS) is 27.5. The number of carbonyl (C=O) groups excluding carboxylic acids is 1. The van der Waals surface area contributed by atoms with Crippen molar-refractivity contribution in [3.05, 3.63) is 17.9 Å². The van der Waals surface area contributed by atoms with E-state index in [0.29, 0.717) is 31.2 Å². The summed E-state index contributed by atoms with van der Waals surface area (Å²) >= 11 is 0. The highest BCUT2D eigenvalue weighted by atomic mass is 16.6. The van der Waals surface area contributed by atoms with Crippen molar-refractivity contribution in [3.63, 3.8) is 0 Å². The lowest BCUT2D eigenvalue weighted by Crippen LogP contribution is -2.62. The number of hydrogen-bond acceptors (Lipinski definition) is 5. The third kappa shape index (κ3) is 2.22. The van der Waals surface area contributed by atoms with Gasteiger partial charge < -0.3 is 23.9 Å². The SMILES string of the molecule is COc1ccc(C(=O)N2CCC3(CC2)[C@@H](O)C[C@H]3OC)o1. The second kappa shape index (κ2) is 5.35. The highest BCUT2D eigenvalue weighted by molar-refractivity contribution is 5.91. The maximum absolute atomic E-state index is 12.4. The smallest absolute Gasteiger partial charge is 0.289 e. The van der Waals surface area contributed by atoms with E-state index in [1.807, 2.05) is 0 Å². The van der Waals surface area contributed by atoms with Crippen LogP contribution in [0.4, 0.5) is 0 Å². The van der Waals surface area contributed by atoms with E-state index in [9.17, 15) is 9.90 Å². The number of furan rings is 1. The van der Waals surface area contributed by atoms with Crippen molar-refractivity contribution in [2.75, 3.05) is 27.3 Å². The van der Waals surface area contributed by atoms with Crippen LogP contribution < -0.4 is 4.74 Å². The second-order valence-electron chi connectivity index (χ2n) is 5.82. The lowest BCUT2D eigenvalue weighted by atomic mass is 9.58. The molecular formula is C15H21NO5. The largest absolute Gasteiger partial charge is 0.468 e. The van der Waals surface area contributed by atoms with Gasteiger partial charge in [0, 0.05) is 38.1 Å². The Hall–Kier alpha value is -1.53. The number of rotatable bonds is 3. The molecule has 1 aromatic rings. The predicted octanol–water partition coefficient (Wildman–Crippen LogP) is 1.29. The van der Waals surface area contributed by atoms with Gasteiger partial charge in [-0.1, -0.05) is 0 Å². The van der Waals surface area contributed by atoms with Crippen LogP contribution in [0.3, 0.4) is 0 Å². The van der Waals surface area contributed by atoms with Gasteiger partial charge in [-0.3, -0.25) is 4.79 Å². The molecule has 2 fully saturated rings. The van der Waals surface area contributed by atoms with Crippen LogP contribution in [-0.4, -0.2) is 55.4 Å². The number of hydrogen-bond donors (Lipinski definition) is 1. The molecule has 2 heterocycles. The van der Waals surface area contributed by atoms with Crippen molar-refractivity contribution in [1.29, 1.82) is 0 Å². The van der Waals surface area contributed by atoms with Gasteiger partial charge in [0.25, 0.3) is 11.9 Å². The Labute approximate surface area is 123 Å². The van der Waals surface area contributed by atoms with Gasteiger partial charge in [0.2, 0.25) is 0 Å². The van der Waals surface area contributed by atoms with E-state index in [2.05, 4.69) is 0 Å². The Morgan fingerprint density at radius 3 is 2.62 bits per heavy atom. The lowest BCUT2D eigenvalue weighted by Gasteiger charge is -2.56. The first-order valence-electron chi connectivity index (χ1n) is 7.24. The number of piperidine rings is 1. The van der Waals surface area contributed by atoms with Crippen molar-refractivity contribution in [2.45, 2.75) is 31.5 Å². The van der Waals surface area contributed by atoms with Crippen molar-refractivity contribution >= 4 is 5.91 Å². The predicted molar refractivity (Wildman–Crippen MR) is 74.3 cm³/mol. The van der Waals surface area contributed by atoms with Crippen molar-refractivity contribution < 1.29 is 23.8 Å². The van der Waals surface area contributed by atoms with Crippen molar-refractivity contribution in [1.82, 2.24) is 4.90 Å². The number of amides is 1. The highest BCUT2D eigenvalue weighted by Gasteiger charge is 2.56. The summed E-state index contributed by atoms with van der Waals surface area (Å²) in [7, 11) is 3.19. The van der Waals surface area contributed by atoms with E-state index in [1.54, 1.807) is 24.1 Å². The zero-order chi connectivity index (χ0) is 15.0. The summed E-state index contributed by atoms with van der Waals surface area (Å²) in [6.07, 6.45) is 2.00. The van der Waals surface area contributed by atoms with Crippen LogP contribution in [0.5, 0.6) is 5.95 Å². The van der Waals surface area contributed by atoms with E-state index >= 15 is 0 Å². The molecule has 1 aliphatic carbocycles. The summed E-state index contributed by atoms with van der Waals surface area (Å²) in [5.41, 5.74) is -0.174. The minimum atomic E-state index is -0.316. The minimum Gasteiger partial charge on any atom is -0.468 e. The van der Waals surface area contributed by atoms with Crippen LogP contribution in [0, 0.1) is 5.41 Å². The molecule has 1 amide bonds. The molecule has 1 saturated heterocycles. The van der Waals surface area contributed by atoms with Gasteiger partial charge in [-0.05, 0) is 18.9 Å². The summed E-state index contributed by atoms with van der Waals surface area (Å²) in [5.74, 6) is 0.497. The maximum atomic E-state index is 12.4. The third-order valence-corrected chi connectivity index (χ3v) is 5.00. The molecule has 1 aliphatic heterocycles. The van der Waals surface area contributed by atoms with Crippen LogP contribution in [-0.2, 0) is 4.74 Å². The third-order valence-electron chi connectivity index (χ3n) is 5.00. The molecule has 6 nitrogen and oxygen atoms in total. The standard InChI is InChI=1S/C15H21NO5/c1-19-12-9-11(17)15(12)5-7-16(8-6-15)14(18)10-3-4-13(20-2)21-10/h3-4,11-12,17H,5-9H2,1-2H3/t11-,12+/m0/s1. The Kier molecular flexibility index (Phi) is 3.67. The number of ether oxygens (including phenoxy) is 2. The molecule has 1 aromatic heterocycles. The Bertz CT molecular complexity index is 518. The summed E-state index contributed by atoms with van der Waals surface area (Å²) in [6.45, 7) is 1.22. The summed E-state index contributed by atoms with van der Waals surface area (Å²) in [6, 6.07) is 3.26. The Morgan fingerprint density at radius 1 is 1.38 bits per heavy atom. The molecular weight excluding hydrogens is 274 g/mol. The molecule has 21 heavy (non-hydrogen) atoms. The number of carbonyl (C=O) groups is 1. The molecule has 0 bridgehead atoms. The molecule has 2 atom stereocenters. The number of aliphatic hydroxyl groups is 1. The maximum Gasteiger partial charge on any atom is 0.289 e.